The van der Waals surface area contributed by atoms with Crippen LogP contribution in [0.2, 0.25) is 0 Å². The third-order valence-electron chi connectivity index (χ3n) is 2.87. The number of aromatic nitrogens is 2. The zero-order valence-electron chi connectivity index (χ0n) is 11.4. The minimum atomic E-state index is -2.91. The molecule has 0 aliphatic rings. The highest BCUT2D eigenvalue weighted by atomic mass is 127. The second-order valence-corrected chi connectivity index (χ2v) is 5.38. The number of nitrogens with zero attached hydrogens (tertiary/aromatic N) is 2. The van der Waals surface area contributed by atoms with Crippen LogP contribution in [0.4, 0.5) is 14.6 Å². The smallest absolute Gasteiger partial charge is 0.387 e. The quantitative estimate of drug-likeness (QED) is 0.772. The Morgan fingerprint density at radius 2 is 2.10 bits per heavy atom. The van der Waals surface area contributed by atoms with Gasteiger partial charge in [0.2, 0.25) is 0 Å². The van der Waals surface area contributed by atoms with Crippen LogP contribution in [0.15, 0.2) is 18.2 Å². The van der Waals surface area contributed by atoms with E-state index < -0.39 is 6.61 Å². The summed E-state index contributed by atoms with van der Waals surface area (Å²) in [5.74, 6) is 0.778. The van der Waals surface area contributed by atoms with Gasteiger partial charge in [0, 0.05) is 0 Å². The Bertz CT molecular complexity index is 647. The molecule has 1 aromatic carbocycles. The van der Waals surface area contributed by atoms with E-state index in [1.54, 1.807) is 16.8 Å². The molecule has 8 heteroatoms. The number of nitrogens with two attached hydrogens (primary N) is 1. The summed E-state index contributed by atoms with van der Waals surface area (Å²) in [6.45, 7) is -0.695. The lowest BCUT2D eigenvalue weighted by molar-refractivity contribution is -0.0512. The molecule has 0 spiro atoms. The van der Waals surface area contributed by atoms with E-state index in [0.717, 1.165) is 14.8 Å². The standard InChI is InChI=1S/C13H14F2IN3O2/c1-7-11(16)12(17)19(18-7)6-8-3-4-9(20-2)10(5-8)21-13(14)15/h3-5,13H,6,17H2,1-2H3. The molecule has 0 unspecified atom stereocenters. The second-order valence-electron chi connectivity index (χ2n) is 4.31. The zero-order valence-corrected chi connectivity index (χ0v) is 13.6. The Morgan fingerprint density at radius 1 is 1.38 bits per heavy atom. The van der Waals surface area contributed by atoms with E-state index in [1.807, 2.05) is 6.92 Å². The van der Waals surface area contributed by atoms with Gasteiger partial charge in [-0.2, -0.15) is 13.9 Å². The predicted octanol–water partition coefficient (Wildman–Crippen LogP) is 3.04. The summed E-state index contributed by atoms with van der Waals surface area (Å²) in [6.07, 6.45) is 0. The monoisotopic (exact) mass is 409 g/mol. The van der Waals surface area contributed by atoms with E-state index in [0.29, 0.717) is 12.4 Å². The molecular weight excluding hydrogens is 395 g/mol. The van der Waals surface area contributed by atoms with Crippen molar-refractivity contribution in [3.63, 3.8) is 0 Å². The van der Waals surface area contributed by atoms with Gasteiger partial charge in [0.1, 0.15) is 5.82 Å². The summed E-state index contributed by atoms with van der Waals surface area (Å²) in [5, 5.41) is 4.30. The van der Waals surface area contributed by atoms with Gasteiger partial charge in [-0.05, 0) is 47.2 Å². The number of hydrogen-bond acceptors (Lipinski definition) is 4. The fourth-order valence-electron chi connectivity index (χ4n) is 1.88. The molecule has 0 fully saturated rings. The van der Waals surface area contributed by atoms with Gasteiger partial charge >= 0.3 is 6.61 Å². The van der Waals surface area contributed by atoms with Gasteiger partial charge in [-0.15, -0.1) is 0 Å². The van der Waals surface area contributed by atoms with Crippen molar-refractivity contribution < 1.29 is 18.3 Å². The number of aryl methyl sites for hydroxylation is 1. The molecule has 5 nitrogen and oxygen atoms in total. The fraction of sp³-hybridized carbons (Fsp3) is 0.308. The van der Waals surface area contributed by atoms with Crippen LogP contribution >= 0.6 is 22.6 Å². The number of methoxy groups -OCH3 is 1. The van der Waals surface area contributed by atoms with Gasteiger partial charge in [-0.1, -0.05) is 6.07 Å². The number of benzene rings is 1. The lowest BCUT2D eigenvalue weighted by Gasteiger charge is -2.12. The molecule has 0 aliphatic heterocycles. The number of anilines is 1. The molecule has 0 bridgehead atoms. The number of hydrogen-bond donors (Lipinski definition) is 1. The van der Waals surface area contributed by atoms with Crippen LogP contribution < -0.4 is 15.2 Å². The molecule has 0 aliphatic carbocycles. The Morgan fingerprint density at radius 3 is 2.62 bits per heavy atom. The molecule has 21 heavy (non-hydrogen) atoms. The minimum Gasteiger partial charge on any atom is -0.493 e. The molecular formula is C13H14F2IN3O2. The number of nitrogen functional groups attached to an aromatic ring is 1. The molecule has 0 saturated heterocycles. The molecule has 0 saturated carbocycles. The minimum absolute atomic E-state index is 0.0119. The maximum Gasteiger partial charge on any atom is 0.387 e. The SMILES string of the molecule is COc1ccc(Cn2nc(C)c(I)c2N)cc1OC(F)F. The van der Waals surface area contributed by atoms with Crippen molar-refractivity contribution in [3.05, 3.63) is 33.0 Å². The van der Waals surface area contributed by atoms with Crippen molar-refractivity contribution in [2.45, 2.75) is 20.1 Å². The Labute approximate surface area is 134 Å². The highest BCUT2D eigenvalue weighted by molar-refractivity contribution is 14.1. The van der Waals surface area contributed by atoms with Crippen molar-refractivity contribution in [3.8, 4) is 11.5 Å². The lowest BCUT2D eigenvalue weighted by Crippen LogP contribution is -2.08. The number of alkyl halides is 2. The lowest BCUT2D eigenvalue weighted by atomic mass is 10.2. The molecule has 1 heterocycles. The zero-order chi connectivity index (χ0) is 15.6. The maximum atomic E-state index is 12.4. The highest BCUT2D eigenvalue weighted by Crippen LogP contribution is 2.30. The average Bonchev–Trinajstić information content (AvgIpc) is 2.66. The van der Waals surface area contributed by atoms with Gasteiger partial charge in [0.15, 0.2) is 11.5 Å². The largest absolute Gasteiger partial charge is 0.493 e. The summed E-state index contributed by atoms with van der Waals surface area (Å²) >= 11 is 2.11. The first-order chi connectivity index (χ1) is 9.92. The summed E-state index contributed by atoms with van der Waals surface area (Å²) in [6, 6.07) is 4.82. The number of halogens is 3. The first kappa shape index (κ1) is 15.8. The third-order valence-corrected chi connectivity index (χ3v) is 4.20. The van der Waals surface area contributed by atoms with Crippen LogP contribution in [0.5, 0.6) is 11.5 Å². The van der Waals surface area contributed by atoms with Crippen molar-refractivity contribution in [1.29, 1.82) is 0 Å². The van der Waals surface area contributed by atoms with Gasteiger partial charge in [0.05, 0.1) is 22.9 Å². The van der Waals surface area contributed by atoms with E-state index in [2.05, 4.69) is 32.4 Å². The fourth-order valence-corrected chi connectivity index (χ4v) is 2.26. The molecule has 114 valence electrons. The predicted molar refractivity (Wildman–Crippen MR) is 82.8 cm³/mol. The average molecular weight is 409 g/mol. The van der Waals surface area contributed by atoms with E-state index in [1.165, 1.54) is 13.2 Å². The van der Waals surface area contributed by atoms with E-state index >= 15 is 0 Å². The summed E-state index contributed by atoms with van der Waals surface area (Å²) in [7, 11) is 1.39. The van der Waals surface area contributed by atoms with Crippen molar-refractivity contribution in [2.75, 3.05) is 12.8 Å². The van der Waals surface area contributed by atoms with Crippen molar-refractivity contribution in [2.24, 2.45) is 0 Å². The molecule has 2 N–H and O–H groups in total. The van der Waals surface area contributed by atoms with Crippen LogP contribution in [0.1, 0.15) is 11.3 Å². The maximum absolute atomic E-state index is 12.4. The van der Waals surface area contributed by atoms with Crippen LogP contribution in [0.25, 0.3) is 0 Å². The van der Waals surface area contributed by atoms with Crippen molar-refractivity contribution in [1.82, 2.24) is 9.78 Å². The van der Waals surface area contributed by atoms with Gasteiger partial charge in [0.25, 0.3) is 0 Å². The normalized spacial score (nSPS) is 11.0. The Balaban J connectivity index is 2.29. The van der Waals surface area contributed by atoms with Gasteiger partial charge in [-0.25, -0.2) is 4.68 Å². The van der Waals surface area contributed by atoms with Crippen LogP contribution in [0.3, 0.4) is 0 Å². The van der Waals surface area contributed by atoms with E-state index in [4.69, 9.17) is 10.5 Å². The molecule has 1 aromatic heterocycles. The Kier molecular flexibility index (Phi) is 4.86. The molecule has 2 aromatic rings. The molecule has 0 amide bonds. The molecule has 2 rings (SSSR count). The van der Waals surface area contributed by atoms with E-state index in [-0.39, 0.29) is 11.5 Å². The van der Waals surface area contributed by atoms with Gasteiger partial charge < -0.3 is 15.2 Å². The Hall–Kier alpha value is -1.58. The first-order valence-electron chi connectivity index (χ1n) is 6.02. The van der Waals surface area contributed by atoms with Gasteiger partial charge in [-0.3, -0.25) is 0 Å². The van der Waals surface area contributed by atoms with Crippen LogP contribution in [-0.4, -0.2) is 23.5 Å². The number of ether oxygens (including phenoxy) is 2. The summed E-state index contributed by atoms with van der Waals surface area (Å²) in [5.41, 5.74) is 7.50. The first-order valence-corrected chi connectivity index (χ1v) is 7.10. The number of rotatable bonds is 5. The molecule has 0 radical (unpaired) electrons. The topological polar surface area (TPSA) is 62.3 Å². The van der Waals surface area contributed by atoms with Crippen molar-refractivity contribution >= 4 is 28.4 Å². The summed E-state index contributed by atoms with van der Waals surface area (Å²) in [4.78, 5) is 0. The summed E-state index contributed by atoms with van der Waals surface area (Å²) < 4.78 is 36.7. The second kappa shape index (κ2) is 6.46. The van der Waals surface area contributed by atoms with E-state index in [9.17, 15) is 8.78 Å². The molecule has 0 atom stereocenters. The highest BCUT2D eigenvalue weighted by Gasteiger charge is 2.14. The third kappa shape index (κ3) is 3.55. The van der Waals surface area contributed by atoms with Crippen LogP contribution in [0, 0.1) is 10.5 Å². The van der Waals surface area contributed by atoms with Crippen LogP contribution in [-0.2, 0) is 6.54 Å².